The molecule has 0 saturated carbocycles. The van der Waals surface area contributed by atoms with Gasteiger partial charge in [-0.1, -0.05) is 48.5 Å². The van der Waals surface area contributed by atoms with E-state index in [1.807, 2.05) is 36.7 Å². The number of benzene rings is 2. The number of aryl methyl sites for hydroxylation is 2. The highest BCUT2D eigenvalue weighted by Crippen LogP contribution is 2.04. The minimum absolute atomic E-state index is 0.719. The van der Waals surface area contributed by atoms with E-state index in [0.29, 0.717) is 0 Å². The topological polar surface area (TPSA) is 24.7 Å². The van der Waals surface area contributed by atoms with E-state index >= 15 is 0 Å². The van der Waals surface area contributed by atoms with Crippen LogP contribution in [0, 0.1) is 13.8 Å². The van der Waals surface area contributed by atoms with Crippen LogP contribution in [-0.4, -0.2) is 25.5 Å². The number of hydrogen-bond donors (Lipinski definition) is 0. The fourth-order valence-electron chi connectivity index (χ4n) is 1.90. The summed E-state index contributed by atoms with van der Waals surface area (Å²) in [5.74, 6) is 0. The molecule has 0 saturated heterocycles. The zero-order chi connectivity index (χ0) is 14.2. The van der Waals surface area contributed by atoms with E-state index in [-0.39, 0.29) is 0 Å². The summed E-state index contributed by atoms with van der Waals surface area (Å²) < 4.78 is 0. The van der Waals surface area contributed by atoms with Crippen LogP contribution < -0.4 is 0 Å². The van der Waals surface area contributed by atoms with Gasteiger partial charge in [0.25, 0.3) is 0 Å². The number of aliphatic imine (C=N–C) groups is 2. The predicted octanol–water partition coefficient (Wildman–Crippen LogP) is 3.84. The van der Waals surface area contributed by atoms with Crippen LogP contribution >= 0.6 is 0 Å². The van der Waals surface area contributed by atoms with Crippen molar-refractivity contribution in [2.24, 2.45) is 9.98 Å². The van der Waals surface area contributed by atoms with Crippen molar-refractivity contribution < 1.29 is 0 Å². The molecule has 0 bridgehead atoms. The van der Waals surface area contributed by atoms with Crippen molar-refractivity contribution in [3.05, 3.63) is 70.8 Å². The van der Waals surface area contributed by atoms with Gasteiger partial charge in [-0.3, -0.25) is 9.98 Å². The zero-order valence-electron chi connectivity index (χ0n) is 12.1. The standard InChI is InChI=1S/C18H20N2/c1-15-7-3-5-9-17(15)13-19-11-12-20-14-18-10-6-4-8-16(18)2/h3-10,13-14H,11-12H2,1-2H3. The van der Waals surface area contributed by atoms with Crippen molar-refractivity contribution in [3.63, 3.8) is 0 Å². The van der Waals surface area contributed by atoms with Crippen LogP contribution in [0.5, 0.6) is 0 Å². The third-order valence-electron chi connectivity index (χ3n) is 3.20. The molecule has 0 atom stereocenters. The van der Waals surface area contributed by atoms with Crippen LogP contribution in [-0.2, 0) is 0 Å². The van der Waals surface area contributed by atoms with Gasteiger partial charge in [0.05, 0.1) is 13.1 Å². The lowest BCUT2D eigenvalue weighted by Gasteiger charge is -1.98. The molecule has 20 heavy (non-hydrogen) atoms. The molecule has 0 aliphatic heterocycles. The molecule has 0 radical (unpaired) electrons. The monoisotopic (exact) mass is 264 g/mol. The van der Waals surface area contributed by atoms with Gasteiger partial charge in [0.1, 0.15) is 0 Å². The minimum Gasteiger partial charge on any atom is -0.291 e. The van der Waals surface area contributed by atoms with E-state index in [1.54, 1.807) is 0 Å². The Morgan fingerprint density at radius 2 is 1.10 bits per heavy atom. The highest BCUT2D eigenvalue weighted by molar-refractivity contribution is 5.82. The van der Waals surface area contributed by atoms with Gasteiger partial charge in [0, 0.05) is 12.4 Å². The Labute approximate surface area is 120 Å². The molecular formula is C18H20N2. The molecule has 0 aliphatic rings. The lowest BCUT2D eigenvalue weighted by atomic mass is 10.1. The van der Waals surface area contributed by atoms with Crippen molar-refractivity contribution >= 4 is 12.4 Å². The fourth-order valence-corrected chi connectivity index (χ4v) is 1.90. The van der Waals surface area contributed by atoms with Crippen LogP contribution in [0.3, 0.4) is 0 Å². The summed E-state index contributed by atoms with van der Waals surface area (Å²) in [5, 5.41) is 0. The first-order valence-corrected chi connectivity index (χ1v) is 6.88. The van der Waals surface area contributed by atoms with Crippen LogP contribution in [0.4, 0.5) is 0 Å². The lowest BCUT2D eigenvalue weighted by molar-refractivity contribution is 0.984. The molecule has 102 valence electrons. The molecule has 0 spiro atoms. The Kier molecular flexibility index (Phi) is 5.24. The molecule has 0 amide bonds. The lowest BCUT2D eigenvalue weighted by Crippen LogP contribution is -1.92. The van der Waals surface area contributed by atoms with Gasteiger partial charge in [0.2, 0.25) is 0 Å². The van der Waals surface area contributed by atoms with Crippen LogP contribution in [0.15, 0.2) is 58.5 Å². The largest absolute Gasteiger partial charge is 0.291 e. The molecular weight excluding hydrogens is 244 g/mol. The second kappa shape index (κ2) is 7.39. The molecule has 2 nitrogen and oxygen atoms in total. The first-order chi connectivity index (χ1) is 9.77. The van der Waals surface area contributed by atoms with E-state index in [9.17, 15) is 0 Å². The Morgan fingerprint density at radius 3 is 1.50 bits per heavy atom. The Balaban J connectivity index is 1.82. The average molecular weight is 264 g/mol. The molecule has 2 heteroatoms. The van der Waals surface area contributed by atoms with E-state index in [1.165, 1.54) is 22.3 Å². The van der Waals surface area contributed by atoms with E-state index in [4.69, 9.17) is 0 Å². The van der Waals surface area contributed by atoms with Gasteiger partial charge in [0.15, 0.2) is 0 Å². The first-order valence-electron chi connectivity index (χ1n) is 6.88. The van der Waals surface area contributed by atoms with E-state index < -0.39 is 0 Å². The van der Waals surface area contributed by atoms with Crippen molar-refractivity contribution in [1.29, 1.82) is 0 Å². The molecule has 2 aromatic rings. The second-order valence-electron chi connectivity index (χ2n) is 4.78. The Hall–Kier alpha value is -2.22. The molecule has 2 aromatic carbocycles. The molecule has 0 aliphatic carbocycles. The molecule has 0 unspecified atom stereocenters. The third kappa shape index (κ3) is 4.16. The fraction of sp³-hybridized carbons (Fsp3) is 0.222. The molecule has 0 heterocycles. The smallest absolute Gasteiger partial charge is 0.0585 e. The van der Waals surface area contributed by atoms with Gasteiger partial charge in [-0.15, -0.1) is 0 Å². The summed E-state index contributed by atoms with van der Waals surface area (Å²) in [7, 11) is 0. The maximum Gasteiger partial charge on any atom is 0.0585 e. The highest BCUT2D eigenvalue weighted by atomic mass is 14.8. The molecule has 2 rings (SSSR count). The van der Waals surface area contributed by atoms with Gasteiger partial charge < -0.3 is 0 Å². The predicted molar refractivity (Wildman–Crippen MR) is 87.3 cm³/mol. The number of rotatable bonds is 5. The Morgan fingerprint density at radius 1 is 0.700 bits per heavy atom. The number of nitrogens with zero attached hydrogens (tertiary/aromatic N) is 2. The minimum atomic E-state index is 0.719. The van der Waals surface area contributed by atoms with Gasteiger partial charge >= 0.3 is 0 Å². The van der Waals surface area contributed by atoms with Crippen LogP contribution in [0.1, 0.15) is 22.3 Å². The Bertz CT molecular complexity index is 557. The van der Waals surface area contributed by atoms with Gasteiger partial charge in [-0.25, -0.2) is 0 Å². The highest BCUT2D eigenvalue weighted by Gasteiger charge is 1.92. The van der Waals surface area contributed by atoms with E-state index in [0.717, 1.165) is 13.1 Å². The number of hydrogen-bond acceptors (Lipinski definition) is 2. The van der Waals surface area contributed by atoms with Crippen molar-refractivity contribution in [2.75, 3.05) is 13.1 Å². The summed E-state index contributed by atoms with van der Waals surface area (Å²) in [6.07, 6.45) is 3.86. The van der Waals surface area contributed by atoms with Crippen LogP contribution in [0.2, 0.25) is 0 Å². The summed E-state index contributed by atoms with van der Waals surface area (Å²) in [6, 6.07) is 16.5. The summed E-state index contributed by atoms with van der Waals surface area (Å²) in [5.41, 5.74) is 4.85. The van der Waals surface area contributed by atoms with Gasteiger partial charge in [-0.2, -0.15) is 0 Å². The van der Waals surface area contributed by atoms with Crippen molar-refractivity contribution in [3.8, 4) is 0 Å². The summed E-state index contributed by atoms with van der Waals surface area (Å²) >= 11 is 0. The molecule has 0 fully saturated rings. The second-order valence-corrected chi connectivity index (χ2v) is 4.78. The third-order valence-corrected chi connectivity index (χ3v) is 3.20. The molecule has 0 aromatic heterocycles. The normalized spacial score (nSPS) is 11.5. The van der Waals surface area contributed by atoms with Crippen LogP contribution in [0.25, 0.3) is 0 Å². The SMILES string of the molecule is Cc1ccccc1C=NCCN=Cc1ccccc1C. The van der Waals surface area contributed by atoms with Crippen molar-refractivity contribution in [2.45, 2.75) is 13.8 Å². The van der Waals surface area contributed by atoms with Crippen molar-refractivity contribution in [1.82, 2.24) is 0 Å². The summed E-state index contributed by atoms with van der Waals surface area (Å²) in [4.78, 5) is 8.83. The average Bonchev–Trinajstić information content (AvgIpc) is 2.46. The molecule has 0 N–H and O–H groups in total. The first kappa shape index (κ1) is 14.2. The van der Waals surface area contributed by atoms with E-state index in [2.05, 4.69) is 48.1 Å². The zero-order valence-corrected chi connectivity index (χ0v) is 12.1. The van der Waals surface area contributed by atoms with Gasteiger partial charge in [-0.05, 0) is 36.1 Å². The maximum atomic E-state index is 4.42. The quantitative estimate of drug-likeness (QED) is 0.579. The summed E-state index contributed by atoms with van der Waals surface area (Å²) in [6.45, 7) is 5.63. The maximum absolute atomic E-state index is 4.42.